The molecule has 90 valence electrons. The van der Waals surface area contributed by atoms with Gasteiger partial charge in [0, 0.05) is 24.0 Å². The molecule has 3 nitrogen and oxygen atoms in total. The van der Waals surface area contributed by atoms with Crippen molar-refractivity contribution in [2.75, 3.05) is 5.73 Å². The van der Waals surface area contributed by atoms with Crippen molar-refractivity contribution < 1.29 is 0 Å². The minimum absolute atomic E-state index is 0.667. The van der Waals surface area contributed by atoms with E-state index in [4.69, 9.17) is 5.73 Å². The number of anilines is 1. The SMILES string of the molecule is Cn1nc2c(N)cccc2c1C1CCCCC1. The van der Waals surface area contributed by atoms with E-state index in [1.165, 1.54) is 43.2 Å². The number of fused-ring (bicyclic) bond motifs is 1. The lowest BCUT2D eigenvalue weighted by molar-refractivity contribution is 0.426. The number of nitrogen functional groups attached to an aromatic ring is 1. The van der Waals surface area contributed by atoms with Crippen molar-refractivity contribution in [3.05, 3.63) is 23.9 Å². The molecule has 2 N–H and O–H groups in total. The van der Waals surface area contributed by atoms with Crippen LogP contribution in [0.15, 0.2) is 18.2 Å². The highest BCUT2D eigenvalue weighted by Crippen LogP contribution is 2.37. The summed E-state index contributed by atoms with van der Waals surface area (Å²) in [7, 11) is 2.05. The van der Waals surface area contributed by atoms with E-state index in [9.17, 15) is 0 Å². The zero-order valence-electron chi connectivity index (χ0n) is 10.3. The van der Waals surface area contributed by atoms with E-state index < -0.39 is 0 Å². The Bertz CT molecular complexity index is 536. The van der Waals surface area contributed by atoms with Gasteiger partial charge in [-0.15, -0.1) is 0 Å². The van der Waals surface area contributed by atoms with Gasteiger partial charge in [-0.25, -0.2) is 0 Å². The Hall–Kier alpha value is -1.51. The first-order chi connectivity index (χ1) is 8.27. The highest BCUT2D eigenvalue weighted by atomic mass is 15.3. The molecule has 0 unspecified atom stereocenters. The van der Waals surface area contributed by atoms with E-state index in [1.807, 2.05) is 23.9 Å². The van der Waals surface area contributed by atoms with Crippen LogP contribution in [0.3, 0.4) is 0 Å². The molecular weight excluding hydrogens is 210 g/mol. The van der Waals surface area contributed by atoms with Gasteiger partial charge in [0.1, 0.15) is 5.52 Å². The topological polar surface area (TPSA) is 43.8 Å². The van der Waals surface area contributed by atoms with Crippen LogP contribution in [-0.4, -0.2) is 9.78 Å². The van der Waals surface area contributed by atoms with E-state index in [0.29, 0.717) is 5.92 Å². The number of aryl methyl sites for hydroxylation is 1. The van der Waals surface area contributed by atoms with E-state index in [0.717, 1.165) is 11.2 Å². The standard InChI is InChI=1S/C14H19N3/c1-17-14(10-6-3-2-4-7-10)11-8-5-9-12(15)13(11)16-17/h5,8-10H,2-4,6-7,15H2,1H3. The lowest BCUT2D eigenvalue weighted by Gasteiger charge is -2.22. The molecule has 0 radical (unpaired) electrons. The van der Waals surface area contributed by atoms with Crippen LogP contribution in [0.2, 0.25) is 0 Å². The number of nitrogens with zero attached hydrogens (tertiary/aromatic N) is 2. The molecule has 0 bridgehead atoms. The Morgan fingerprint density at radius 2 is 2.00 bits per heavy atom. The van der Waals surface area contributed by atoms with Crippen LogP contribution in [0.25, 0.3) is 10.9 Å². The molecule has 0 saturated heterocycles. The normalized spacial score (nSPS) is 17.7. The maximum atomic E-state index is 5.99. The Morgan fingerprint density at radius 1 is 1.24 bits per heavy atom. The molecule has 0 aliphatic heterocycles. The maximum Gasteiger partial charge on any atom is 0.115 e. The van der Waals surface area contributed by atoms with E-state index >= 15 is 0 Å². The van der Waals surface area contributed by atoms with Gasteiger partial charge >= 0.3 is 0 Å². The van der Waals surface area contributed by atoms with Crippen LogP contribution in [0.1, 0.15) is 43.7 Å². The summed E-state index contributed by atoms with van der Waals surface area (Å²) >= 11 is 0. The average Bonchev–Trinajstić information content (AvgIpc) is 2.68. The molecule has 1 fully saturated rings. The Kier molecular flexibility index (Phi) is 2.54. The van der Waals surface area contributed by atoms with Gasteiger partial charge in [0.2, 0.25) is 0 Å². The molecule has 0 amide bonds. The molecule has 3 heteroatoms. The largest absolute Gasteiger partial charge is 0.397 e. The van der Waals surface area contributed by atoms with E-state index in [2.05, 4.69) is 11.2 Å². The minimum atomic E-state index is 0.667. The van der Waals surface area contributed by atoms with Gasteiger partial charge in [0.05, 0.1) is 5.69 Å². The van der Waals surface area contributed by atoms with Crippen molar-refractivity contribution in [3.8, 4) is 0 Å². The monoisotopic (exact) mass is 229 g/mol. The van der Waals surface area contributed by atoms with Gasteiger partial charge in [-0.3, -0.25) is 4.68 Å². The third kappa shape index (κ3) is 1.70. The van der Waals surface area contributed by atoms with E-state index in [-0.39, 0.29) is 0 Å². The number of hydrogen-bond acceptors (Lipinski definition) is 2. The number of rotatable bonds is 1. The van der Waals surface area contributed by atoms with Crippen molar-refractivity contribution in [2.24, 2.45) is 7.05 Å². The van der Waals surface area contributed by atoms with Crippen LogP contribution < -0.4 is 5.73 Å². The second-order valence-corrected chi connectivity index (χ2v) is 5.09. The molecule has 1 aromatic heterocycles. The Balaban J connectivity index is 2.14. The van der Waals surface area contributed by atoms with Gasteiger partial charge < -0.3 is 5.73 Å². The van der Waals surface area contributed by atoms with Crippen molar-refractivity contribution >= 4 is 16.6 Å². The summed E-state index contributed by atoms with van der Waals surface area (Å²) in [6, 6.07) is 6.12. The van der Waals surface area contributed by atoms with Crippen LogP contribution in [0, 0.1) is 0 Å². The molecule has 1 aliphatic rings. The molecule has 1 heterocycles. The second-order valence-electron chi connectivity index (χ2n) is 5.09. The summed E-state index contributed by atoms with van der Waals surface area (Å²) in [5.41, 5.74) is 9.13. The first-order valence-corrected chi connectivity index (χ1v) is 6.48. The molecule has 2 aromatic rings. The smallest absolute Gasteiger partial charge is 0.115 e. The van der Waals surface area contributed by atoms with Gasteiger partial charge in [-0.2, -0.15) is 5.10 Å². The van der Waals surface area contributed by atoms with Crippen LogP contribution >= 0.6 is 0 Å². The summed E-state index contributed by atoms with van der Waals surface area (Å²) in [6.45, 7) is 0. The third-order valence-corrected chi connectivity index (χ3v) is 3.93. The van der Waals surface area contributed by atoms with Crippen molar-refractivity contribution in [1.82, 2.24) is 9.78 Å². The molecule has 0 atom stereocenters. The van der Waals surface area contributed by atoms with Crippen LogP contribution in [-0.2, 0) is 7.05 Å². The third-order valence-electron chi connectivity index (χ3n) is 3.93. The lowest BCUT2D eigenvalue weighted by Crippen LogP contribution is -2.09. The van der Waals surface area contributed by atoms with Gasteiger partial charge in [0.15, 0.2) is 0 Å². The minimum Gasteiger partial charge on any atom is -0.397 e. The predicted octanol–water partition coefficient (Wildman–Crippen LogP) is 3.20. The quantitative estimate of drug-likeness (QED) is 0.763. The van der Waals surface area contributed by atoms with Gasteiger partial charge in [0.25, 0.3) is 0 Å². The summed E-state index contributed by atoms with van der Waals surface area (Å²) in [5.74, 6) is 0.667. The number of benzene rings is 1. The fourth-order valence-electron chi connectivity index (χ4n) is 3.12. The summed E-state index contributed by atoms with van der Waals surface area (Å²) in [4.78, 5) is 0. The molecule has 3 rings (SSSR count). The number of hydrogen-bond donors (Lipinski definition) is 1. The fraction of sp³-hybridized carbons (Fsp3) is 0.500. The average molecular weight is 229 g/mol. The first kappa shape index (κ1) is 10.6. The predicted molar refractivity (Wildman–Crippen MR) is 71.0 cm³/mol. The molecule has 1 aromatic carbocycles. The Morgan fingerprint density at radius 3 is 2.76 bits per heavy atom. The molecule has 17 heavy (non-hydrogen) atoms. The second kappa shape index (κ2) is 4.06. The fourth-order valence-corrected chi connectivity index (χ4v) is 3.12. The molecule has 1 saturated carbocycles. The summed E-state index contributed by atoms with van der Waals surface area (Å²) < 4.78 is 2.04. The molecule has 1 aliphatic carbocycles. The van der Waals surface area contributed by atoms with E-state index in [1.54, 1.807) is 0 Å². The number of nitrogens with two attached hydrogens (primary N) is 1. The van der Waals surface area contributed by atoms with Gasteiger partial charge in [-0.1, -0.05) is 31.4 Å². The molecule has 0 spiro atoms. The maximum absolute atomic E-state index is 5.99. The molecular formula is C14H19N3. The highest BCUT2D eigenvalue weighted by Gasteiger charge is 2.22. The van der Waals surface area contributed by atoms with Crippen molar-refractivity contribution in [3.63, 3.8) is 0 Å². The number of aromatic nitrogens is 2. The summed E-state index contributed by atoms with van der Waals surface area (Å²) in [5, 5.41) is 5.83. The van der Waals surface area contributed by atoms with Gasteiger partial charge in [-0.05, 0) is 18.9 Å². The zero-order valence-corrected chi connectivity index (χ0v) is 10.3. The van der Waals surface area contributed by atoms with Crippen molar-refractivity contribution in [1.29, 1.82) is 0 Å². The first-order valence-electron chi connectivity index (χ1n) is 6.48. The van der Waals surface area contributed by atoms with Crippen molar-refractivity contribution in [2.45, 2.75) is 38.0 Å². The summed E-state index contributed by atoms with van der Waals surface area (Å²) in [6.07, 6.45) is 6.67. The Labute approximate surface area is 102 Å². The zero-order chi connectivity index (χ0) is 11.8. The lowest BCUT2D eigenvalue weighted by atomic mass is 9.85. The highest BCUT2D eigenvalue weighted by molar-refractivity contribution is 5.91. The van der Waals surface area contributed by atoms with Crippen LogP contribution in [0.4, 0.5) is 5.69 Å². The van der Waals surface area contributed by atoms with Crippen LogP contribution in [0.5, 0.6) is 0 Å².